The first-order valence-corrected chi connectivity index (χ1v) is 20.3. The van der Waals surface area contributed by atoms with Crippen LogP contribution in [0.2, 0.25) is 18.1 Å². The zero-order valence-corrected chi connectivity index (χ0v) is 31.3. The fourth-order valence-corrected chi connectivity index (χ4v) is 7.45. The topological polar surface area (TPSA) is 91.8 Å². The van der Waals surface area contributed by atoms with Crippen molar-refractivity contribution in [1.29, 1.82) is 0 Å². The minimum absolute atomic E-state index is 0.00623. The molecule has 0 aliphatic carbocycles. The van der Waals surface area contributed by atoms with Crippen molar-refractivity contribution in [3.05, 3.63) is 128 Å². The maximum Gasteiger partial charge on any atom is 0.328 e. The minimum Gasteiger partial charge on any atom is -0.497 e. The van der Waals surface area contributed by atoms with Gasteiger partial charge in [0.15, 0.2) is 8.32 Å². The van der Waals surface area contributed by atoms with Gasteiger partial charge < -0.3 is 23.2 Å². The molecule has 48 heavy (non-hydrogen) atoms. The van der Waals surface area contributed by atoms with Crippen LogP contribution < -0.4 is 20.7 Å². The Morgan fingerprint density at radius 3 is 1.90 bits per heavy atom. The van der Waals surface area contributed by atoms with Crippen molar-refractivity contribution in [2.75, 3.05) is 33.2 Å². The van der Waals surface area contributed by atoms with Crippen LogP contribution in [0.25, 0.3) is 0 Å². The first-order chi connectivity index (χ1) is 22.8. The van der Waals surface area contributed by atoms with Gasteiger partial charge in [-0.1, -0.05) is 75.4 Å². The lowest BCUT2D eigenvalue weighted by atomic mass is 9.80. The van der Waals surface area contributed by atoms with Crippen LogP contribution in [0.5, 0.6) is 11.5 Å². The summed E-state index contributed by atoms with van der Waals surface area (Å²) in [6.45, 7) is 14.4. The van der Waals surface area contributed by atoms with Gasteiger partial charge in [-0.15, -0.1) is 0 Å². The second-order valence-corrected chi connectivity index (χ2v) is 19.7. The minimum atomic E-state index is -1.91. The molecule has 0 fully saturated rings. The molecule has 0 amide bonds. The first kappa shape index (κ1) is 37.2. The number of thioether (sulfide) groups is 1. The molecule has 0 saturated carbocycles. The van der Waals surface area contributed by atoms with Gasteiger partial charge in [0.05, 0.1) is 20.8 Å². The van der Waals surface area contributed by atoms with Gasteiger partial charge in [-0.25, -0.2) is 4.79 Å². The summed E-state index contributed by atoms with van der Waals surface area (Å²) in [5.74, 6) is 2.29. The summed E-state index contributed by atoms with van der Waals surface area (Å²) in [6.07, 6.45) is 2.28. The van der Waals surface area contributed by atoms with Crippen LogP contribution in [0.15, 0.2) is 94.6 Å². The molecule has 0 radical (unpaired) electrons. The lowest BCUT2D eigenvalue weighted by molar-refractivity contribution is 0.0127. The molecule has 4 rings (SSSR count). The van der Waals surface area contributed by atoms with Gasteiger partial charge in [-0.05, 0) is 72.4 Å². The number of aromatic amines is 1. The van der Waals surface area contributed by atoms with Crippen LogP contribution in [0.4, 0.5) is 0 Å². The highest BCUT2D eigenvalue weighted by Gasteiger charge is 2.39. The Morgan fingerprint density at radius 1 is 0.833 bits per heavy atom. The number of nitrogens with zero attached hydrogens (tertiary/aromatic N) is 1. The van der Waals surface area contributed by atoms with Crippen LogP contribution in [0.3, 0.4) is 0 Å². The maximum atomic E-state index is 12.7. The van der Waals surface area contributed by atoms with E-state index < -0.39 is 19.6 Å². The number of H-pyrrole nitrogens is 1. The molecule has 1 atom stereocenters. The number of hydrogen-bond acceptors (Lipinski definition) is 7. The average molecular weight is 691 g/mol. The summed E-state index contributed by atoms with van der Waals surface area (Å²) < 4.78 is 26.3. The van der Waals surface area contributed by atoms with Gasteiger partial charge in [0, 0.05) is 35.9 Å². The van der Waals surface area contributed by atoms with E-state index >= 15 is 0 Å². The third kappa shape index (κ3) is 8.90. The van der Waals surface area contributed by atoms with Crippen molar-refractivity contribution in [3.8, 4) is 11.5 Å². The van der Waals surface area contributed by atoms with E-state index in [4.69, 9.17) is 18.6 Å². The second kappa shape index (κ2) is 16.2. The fraction of sp³-hybridized carbons (Fsp3) is 0.421. The molecule has 1 heterocycles. The monoisotopic (exact) mass is 690 g/mol. The van der Waals surface area contributed by atoms with Crippen molar-refractivity contribution in [2.24, 2.45) is 0 Å². The normalized spacial score (nSPS) is 12.9. The third-order valence-electron chi connectivity index (χ3n) is 9.25. The van der Waals surface area contributed by atoms with E-state index in [9.17, 15) is 9.59 Å². The molecule has 0 aliphatic rings. The number of hydrogen-bond donors (Lipinski definition) is 1. The molecule has 8 nitrogen and oxygen atoms in total. The number of ether oxygens (including phenoxy) is 3. The molecule has 0 saturated heterocycles. The third-order valence-corrected chi connectivity index (χ3v) is 15.0. The molecular weight excluding hydrogens is 641 g/mol. The summed E-state index contributed by atoms with van der Waals surface area (Å²) in [5.41, 5.74) is 1.67. The zero-order chi connectivity index (χ0) is 35.0. The standard InChI is InChI=1S/C38H50N2O6SSi/c1-28-26-40(36(42)39-35(28)41)23-22-34(47-25-24-46-48(7,8)37(2,3)4)27-45-38(29-12-10-9-11-13-29,30-14-18-32(43-5)19-15-30)31-16-20-33(44-6)21-17-31/h9-21,26,34H,22-25,27H2,1-8H3,(H,39,41,42). The van der Waals surface area contributed by atoms with Crippen LogP contribution in [-0.2, 0) is 21.3 Å². The summed E-state index contributed by atoms with van der Waals surface area (Å²) >= 11 is 1.79. The molecule has 0 spiro atoms. The van der Waals surface area contributed by atoms with Crippen molar-refractivity contribution in [1.82, 2.24) is 9.55 Å². The molecular formula is C38H50N2O6SSi. The average Bonchev–Trinajstić information content (AvgIpc) is 3.07. The van der Waals surface area contributed by atoms with E-state index in [1.165, 1.54) is 0 Å². The fourth-order valence-electron chi connectivity index (χ4n) is 5.30. The molecule has 1 aromatic heterocycles. The number of aryl methyl sites for hydroxylation is 2. The van der Waals surface area contributed by atoms with Crippen LogP contribution in [0, 0.1) is 6.92 Å². The number of nitrogens with one attached hydrogen (secondary N) is 1. The first-order valence-electron chi connectivity index (χ1n) is 16.3. The Morgan fingerprint density at radius 2 is 1.38 bits per heavy atom. The highest BCUT2D eigenvalue weighted by Crippen LogP contribution is 2.42. The largest absolute Gasteiger partial charge is 0.497 e. The number of methoxy groups -OCH3 is 2. The Labute approximate surface area is 289 Å². The molecule has 258 valence electrons. The van der Waals surface area contributed by atoms with Crippen molar-refractivity contribution in [2.45, 2.75) is 69.6 Å². The van der Waals surface area contributed by atoms with Crippen LogP contribution >= 0.6 is 11.8 Å². The lowest BCUT2D eigenvalue weighted by Crippen LogP contribution is -2.41. The maximum absolute atomic E-state index is 12.7. The summed E-state index contributed by atoms with van der Waals surface area (Å²) in [7, 11) is 1.41. The summed E-state index contributed by atoms with van der Waals surface area (Å²) in [4.78, 5) is 27.1. The lowest BCUT2D eigenvalue weighted by Gasteiger charge is -2.37. The van der Waals surface area contributed by atoms with Gasteiger partial charge in [-0.2, -0.15) is 11.8 Å². The highest BCUT2D eigenvalue weighted by atomic mass is 32.2. The van der Waals surface area contributed by atoms with Gasteiger partial charge in [0.25, 0.3) is 5.56 Å². The number of rotatable bonds is 16. The molecule has 3 aromatic carbocycles. The predicted molar refractivity (Wildman–Crippen MR) is 198 cm³/mol. The Hall–Kier alpha value is -3.57. The van der Waals surface area contributed by atoms with E-state index in [1.54, 1.807) is 43.7 Å². The van der Waals surface area contributed by atoms with E-state index in [0.717, 1.165) is 33.9 Å². The van der Waals surface area contributed by atoms with Crippen molar-refractivity contribution < 1.29 is 18.6 Å². The molecule has 4 aromatic rings. The molecule has 0 bridgehead atoms. The van der Waals surface area contributed by atoms with Gasteiger partial charge in [0.2, 0.25) is 0 Å². The summed E-state index contributed by atoms with van der Waals surface area (Å²) in [5, 5.41) is 0.127. The Kier molecular flexibility index (Phi) is 12.6. The van der Waals surface area contributed by atoms with E-state index in [-0.39, 0.29) is 15.8 Å². The number of aromatic nitrogens is 2. The van der Waals surface area contributed by atoms with E-state index in [2.05, 4.69) is 51.0 Å². The summed E-state index contributed by atoms with van der Waals surface area (Å²) in [6, 6.07) is 26.2. The Bertz CT molecular complexity index is 1670. The van der Waals surface area contributed by atoms with Crippen molar-refractivity contribution >= 4 is 20.1 Å². The van der Waals surface area contributed by atoms with Crippen LogP contribution in [0.1, 0.15) is 49.4 Å². The quantitative estimate of drug-likeness (QED) is 0.0745. The van der Waals surface area contributed by atoms with E-state index in [0.29, 0.717) is 31.7 Å². The Balaban J connectivity index is 1.71. The smallest absolute Gasteiger partial charge is 0.328 e. The van der Waals surface area contributed by atoms with Gasteiger partial charge in [-0.3, -0.25) is 9.78 Å². The molecule has 1 N–H and O–H groups in total. The number of benzene rings is 3. The SMILES string of the molecule is COc1ccc(C(OCC(CCn2cc(C)c(=O)[nH]c2=O)SCCO[Si](C)(C)C(C)(C)C)(c2ccccc2)c2ccc(OC)cc2)cc1. The van der Waals surface area contributed by atoms with Crippen LogP contribution in [-0.4, -0.2) is 56.3 Å². The van der Waals surface area contributed by atoms with Gasteiger partial charge in [0.1, 0.15) is 17.1 Å². The molecule has 1 unspecified atom stereocenters. The molecule has 10 heteroatoms. The molecule has 0 aliphatic heterocycles. The van der Waals surface area contributed by atoms with Gasteiger partial charge >= 0.3 is 5.69 Å². The highest BCUT2D eigenvalue weighted by molar-refractivity contribution is 7.99. The predicted octanol–water partition coefficient (Wildman–Crippen LogP) is 7.38. The zero-order valence-electron chi connectivity index (χ0n) is 29.5. The second-order valence-electron chi connectivity index (χ2n) is 13.5. The van der Waals surface area contributed by atoms with Crippen molar-refractivity contribution in [3.63, 3.8) is 0 Å². The van der Waals surface area contributed by atoms with E-state index in [1.807, 2.05) is 66.7 Å².